The molecule has 1 unspecified atom stereocenters. The number of benzene rings is 8. The number of hydrogen-bond donors (Lipinski definition) is 0. The quantitative estimate of drug-likeness (QED) is 0.179. The number of nitrogens with zero attached hydrogens (tertiary/aromatic N) is 2. The minimum Gasteiger partial charge on any atom is -0.452 e. The first-order chi connectivity index (χ1) is 29.2. The van der Waals surface area contributed by atoms with Gasteiger partial charge in [0, 0.05) is 66.3 Å². The minimum absolute atomic E-state index is 0.435. The van der Waals surface area contributed by atoms with Gasteiger partial charge in [-0.3, -0.25) is 0 Å². The predicted octanol–water partition coefficient (Wildman–Crippen LogP) is 15.4. The first-order valence-corrected chi connectivity index (χ1v) is 20.5. The SMILES string of the molecule is CC1CC=Cc2c1n(-c1ccccc1)c1ccc(-c3ccc4oc5c(ccc6c7cc(-c8ccc9c(c8)c8ccccc8n9-c8ccccc8)ccc7oc65)c4c3)cc21. The van der Waals surface area contributed by atoms with Crippen LogP contribution in [0.1, 0.15) is 30.5 Å². The zero-order chi connectivity index (χ0) is 38.8. The first-order valence-electron chi connectivity index (χ1n) is 20.5. The average Bonchev–Trinajstić information content (AvgIpc) is 4.04. The van der Waals surface area contributed by atoms with Gasteiger partial charge in [-0.2, -0.15) is 0 Å². The summed E-state index contributed by atoms with van der Waals surface area (Å²) in [7, 11) is 0. The molecule has 13 rings (SSSR count). The molecule has 59 heavy (non-hydrogen) atoms. The van der Waals surface area contributed by atoms with E-state index in [9.17, 15) is 0 Å². The van der Waals surface area contributed by atoms with Crippen molar-refractivity contribution in [1.29, 1.82) is 0 Å². The van der Waals surface area contributed by atoms with Crippen LogP contribution < -0.4 is 0 Å². The van der Waals surface area contributed by atoms with Crippen molar-refractivity contribution in [2.75, 3.05) is 0 Å². The second kappa shape index (κ2) is 12.2. The molecule has 278 valence electrons. The topological polar surface area (TPSA) is 36.1 Å². The van der Waals surface area contributed by atoms with E-state index < -0.39 is 0 Å². The van der Waals surface area contributed by atoms with Gasteiger partial charge >= 0.3 is 0 Å². The summed E-state index contributed by atoms with van der Waals surface area (Å²) in [4.78, 5) is 0. The standard InChI is InChI=1S/C55H36N2O2/c1-33-11-10-17-41-45-30-35(20-26-50(45)57(53(33)41)39-14-6-3-7-15-39)37-22-28-52-47(32-37)43-24-23-42-46-31-36(21-27-51(46)58-54(42)55(43)59-52)34-19-25-49-44(29-34)40-16-8-9-18-48(40)56(49)38-12-4-2-5-13-38/h2-10,12-33H,11H2,1H3. The molecule has 4 heterocycles. The van der Waals surface area contributed by atoms with E-state index in [4.69, 9.17) is 8.83 Å². The van der Waals surface area contributed by atoms with Crippen molar-refractivity contribution in [3.8, 4) is 33.6 Å². The van der Waals surface area contributed by atoms with Crippen LogP contribution in [-0.4, -0.2) is 9.13 Å². The molecule has 4 heteroatoms. The maximum absolute atomic E-state index is 6.63. The number of furan rings is 2. The summed E-state index contributed by atoms with van der Waals surface area (Å²) in [6.45, 7) is 2.34. The molecule has 0 fully saturated rings. The van der Waals surface area contributed by atoms with Crippen molar-refractivity contribution in [2.45, 2.75) is 19.3 Å². The van der Waals surface area contributed by atoms with Crippen LogP contribution in [0.15, 0.2) is 185 Å². The fourth-order valence-electron chi connectivity index (χ4n) is 9.97. The van der Waals surface area contributed by atoms with Gasteiger partial charge in [0.25, 0.3) is 0 Å². The van der Waals surface area contributed by atoms with Gasteiger partial charge in [0.2, 0.25) is 0 Å². The Labute approximate surface area is 339 Å². The molecular weight excluding hydrogens is 721 g/mol. The summed E-state index contributed by atoms with van der Waals surface area (Å²) < 4.78 is 18.1. The first kappa shape index (κ1) is 32.5. The summed E-state index contributed by atoms with van der Waals surface area (Å²) in [5.41, 5.74) is 16.7. The molecule has 1 aliphatic rings. The molecule has 0 spiro atoms. The maximum Gasteiger partial charge on any atom is 0.178 e. The molecule has 8 aromatic carbocycles. The smallest absolute Gasteiger partial charge is 0.178 e. The maximum atomic E-state index is 6.63. The number of para-hydroxylation sites is 3. The molecule has 1 aliphatic carbocycles. The Kier molecular flexibility index (Phi) is 6.74. The molecule has 1 atom stereocenters. The van der Waals surface area contributed by atoms with Crippen LogP contribution in [0.5, 0.6) is 0 Å². The van der Waals surface area contributed by atoms with Crippen LogP contribution in [-0.2, 0) is 0 Å². The minimum atomic E-state index is 0.435. The highest BCUT2D eigenvalue weighted by molar-refractivity contribution is 6.20. The van der Waals surface area contributed by atoms with Gasteiger partial charge in [-0.15, -0.1) is 0 Å². The van der Waals surface area contributed by atoms with Gasteiger partial charge in [-0.1, -0.05) is 97.9 Å². The Balaban J connectivity index is 0.915. The summed E-state index contributed by atoms with van der Waals surface area (Å²) in [5, 5.41) is 8.03. The third-order valence-corrected chi connectivity index (χ3v) is 12.7. The number of fused-ring (bicyclic) bond motifs is 13. The molecule has 12 aromatic rings. The molecule has 0 bridgehead atoms. The van der Waals surface area contributed by atoms with E-state index in [0.717, 1.165) is 67.1 Å². The van der Waals surface area contributed by atoms with Crippen LogP contribution in [0.4, 0.5) is 0 Å². The Bertz CT molecular complexity index is 3710. The summed E-state index contributed by atoms with van der Waals surface area (Å²) in [6, 6.07) is 61.3. The van der Waals surface area contributed by atoms with Crippen LogP contribution in [0.2, 0.25) is 0 Å². The van der Waals surface area contributed by atoms with Gasteiger partial charge in [-0.05, 0) is 120 Å². The molecule has 4 aromatic heterocycles. The third kappa shape index (κ3) is 4.71. The van der Waals surface area contributed by atoms with E-state index in [0.29, 0.717) is 5.92 Å². The summed E-state index contributed by atoms with van der Waals surface area (Å²) in [6.07, 6.45) is 5.69. The lowest BCUT2D eigenvalue weighted by atomic mass is 9.92. The van der Waals surface area contributed by atoms with Gasteiger partial charge in [0.1, 0.15) is 11.2 Å². The Hall–Kier alpha value is -7.56. The molecule has 0 aliphatic heterocycles. The molecule has 0 saturated heterocycles. The lowest BCUT2D eigenvalue weighted by molar-refractivity contribution is 0.633. The number of rotatable bonds is 4. The van der Waals surface area contributed by atoms with Crippen LogP contribution in [0.25, 0.3) is 116 Å². The molecular formula is C55H36N2O2. The third-order valence-electron chi connectivity index (χ3n) is 12.7. The van der Waals surface area contributed by atoms with E-state index in [-0.39, 0.29) is 0 Å². The van der Waals surface area contributed by atoms with Crippen LogP contribution >= 0.6 is 0 Å². The van der Waals surface area contributed by atoms with Crippen molar-refractivity contribution >= 4 is 82.7 Å². The molecule has 0 N–H and O–H groups in total. The van der Waals surface area contributed by atoms with E-state index in [1.54, 1.807) is 0 Å². The Morgan fingerprint density at radius 1 is 0.424 bits per heavy atom. The van der Waals surface area contributed by atoms with Crippen molar-refractivity contribution in [1.82, 2.24) is 9.13 Å². The van der Waals surface area contributed by atoms with Crippen molar-refractivity contribution in [2.24, 2.45) is 0 Å². The number of aromatic nitrogens is 2. The monoisotopic (exact) mass is 756 g/mol. The molecule has 0 saturated carbocycles. The molecule has 0 amide bonds. The van der Waals surface area contributed by atoms with E-state index >= 15 is 0 Å². The molecule has 4 nitrogen and oxygen atoms in total. The zero-order valence-corrected chi connectivity index (χ0v) is 32.3. The van der Waals surface area contributed by atoms with Crippen LogP contribution in [0, 0.1) is 0 Å². The highest BCUT2D eigenvalue weighted by Crippen LogP contribution is 2.44. The highest BCUT2D eigenvalue weighted by atomic mass is 16.4. The van der Waals surface area contributed by atoms with Crippen molar-refractivity contribution in [3.05, 3.63) is 187 Å². The second-order valence-electron chi connectivity index (χ2n) is 16.1. The van der Waals surface area contributed by atoms with Gasteiger partial charge in [0.15, 0.2) is 11.2 Å². The Morgan fingerprint density at radius 2 is 0.915 bits per heavy atom. The predicted molar refractivity (Wildman–Crippen MR) is 245 cm³/mol. The van der Waals surface area contributed by atoms with E-state index in [1.807, 2.05) is 0 Å². The average molecular weight is 757 g/mol. The highest BCUT2D eigenvalue weighted by Gasteiger charge is 2.24. The second-order valence-corrected chi connectivity index (χ2v) is 16.1. The van der Waals surface area contributed by atoms with Gasteiger partial charge in [-0.25, -0.2) is 0 Å². The molecule has 0 radical (unpaired) electrons. The normalized spacial score (nSPS) is 14.2. The summed E-state index contributed by atoms with van der Waals surface area (Å²) >= 11 is 0. The Morgan fingerprint density at radius 3 is 1.54 bits per heavy atom. The number of allylic oxidation sites excluding steroid dienone is 1. The van der Waals surface area contributed by atoms with Gasteiger partial charge in [0.05, 0.1) is 16.6 Å². The zero-order valence-electron chi connectivity index (χ0n) is 32.3. The lowest BCUT2D eigenvalue weighted by Gasteiger charge is -2.19. The van der Waals surface area contributed by atoms with Crippen molar-refractivity contribution < 1.29 is 8.83 Å². The van der Waals surface area contributed by atoms with E-state index in [1.165, 1.54) is 60.8 Å². The fourth-order valence-corrected chi connectivity index (χ4v) is 9.97. The van der Waals surface area contributed by atoms with Crippen LogP contribution in [0.3, 0.4) is 0 Å². The largest absolute Gasteiger partial charge is 0.452 e. The van der Waals surface area contributed by atoms with Crippen molar-refractivity contribution in [3.63, 3.8) is 0 Å². The van der Waals surface area contributed by atoms with E-state index in [2.05, 4.69) is 198 Å². The van der Waals surface area contributed by atoms with Gasteiger partial charge < -0.3 is 18.0 Å². The summed E-state index contributed by atoms with van der Waals surface area (Å²) in [5.74, 6) is 0.435. The fraction of sp³-hybridized carbons (Fsp3) is 0.0545. The lowest BCUT2D eigenvalue weighted by Crippen LogP contribution is -2.06. The number of hydrogen-bond acceptors (Lipinski definition) is 2.